The predicted molar refractivity (Wildman–Crippen MR) is 140 cm³/mol. The number of carbonyl (C=O) groups is 1. The van der Waals surface area contributed by atoms with E-state index in [0.717, 1.165) is 11.1 Å². The van der Waals surface area contributed by atoms with Gasteiger partial charge in [-0.25, -0.2) is 9.48 Å². The van der Waals surface area contributed by atoms with Gasteiger partial charge in [0.25, 0.3) is 5.56 Å². The van der Waals surface area contributed by atoms with E-state index >= 15 is 0 Å². The minimum absolute atomic E-state index is 0.000151. The van der Waals surface area contributed by atoms with E-state index in [4.69, 9.17) is 14.3 Å². The second-order valence-corrected chi connectivity index (χ2v) is 8.49. The van der Waals surface area contributed by atoms with Crippen LogP contribution in [0.4, 0.5) is 16.2 Å². The van der Waals surface area contributed by atoms with Gasteiger partial charge in [0.1, 0.15) is 17.1 Å². The van der Waals surface area contributed by atoms with Crippen molar-refractivity contribution in [3.63, 3.8) is 0 Å². The van der Waals surface area contributed by atoms with Crippen LogP contribution in [-0.2, 0) is 0 Å². The third-order valence-electron chi connectivity index (χ3n) is 6.01. The number of rotatable bonds is 6. The number of aryl methyl sites for hydroxylation is 2. The summed E-state index contributed by atoms with van der Waals surface area (Å²) in [6.45, 7) is 3.95. The first-order valence-corrected chi connectivity index (χ1v) is 11.5. The number of H-pyrrole nitrogens is 1. The molecular weight excluding hydrogens is 488 g/mol. The zero-order valence-electron chi connectivity index (χ0n) is 20.4. The van der Waals surface area contributed by atoms with Crippen LogP contribution in [0.1, 0.15) is 11.1 Å². The fraction of sp³-hybridized carbons (Fsp3) is 0.0714. The van der Waals surface area contributed by atoms with Gasteiger partial charge in [0.2, 0.25) is 0 Å². The summed E-state index contributed by atoms with van der Waals surface area (Å²) in [5.41, 5.74) is 3.62. The highest BCUT2D eigenvalue weighted by Gasteiger charge is 2.20. The summed E-state index contributed by atoms with van der Waals surface area (Å²) in [6.07, 6.45) is 0.0404. The maximum absolute atomic E-state index is 13.4. The molecule has 0 fully saturated rings. The summed E-state index contributed by atoms with van der Waals surface area (Å²) in [7, 11) is 0. The second-order valence-electron chi connectivity index (χ2n) is 8.49. The van der Waals surface area contributed by atoms with Crippen molar-refractivity contribution in [1.29, 1.82) is 0 Å². The van der Waals surface area contributed by atoms with Crippen LogP contribution in [0.3, 0.4) is 0 Å². The van der Waals surface area contributed by atoms with Gasteiger partial charge in [-0.3, -0.25) is 9.89 Å². The van der Waals surface area contributed by atoms with Gasteiger partial charge in [-0.05, 0) is 73.0 Å². The molecule has 2 aromatic heterocycles. The lowest BCUT2D eigenvalue weighted by molar-refractivity contribution is 0.144. The number of carboxylic acid groups (broad SMARTS) is 1. The summed E-state index contributed by atoms with van der Waals surface area (Å²) in [4.78, 5) is 24.3. The molecule has 0 aliphatic heterocycles. The number of phenolic OH excluding ortho intramolecular Hbond substituents is 1. The van der Waals surface area contributed by atoms with Gasteiger partial charge in [-0.15, -0.1) is 10.2 Å². The van der Waals surface area contributed by atoms with Crippen molar-refractivity contribution in [3.8, 4) is 39.8 Å². The van der Waals surface area contributed by atoms with Crippen LogP contribution in [0.5, 0.6) is 11.5 Å². The number of phenols is 1. The Labute approximate surface area is 216 Å². The van der Waals surface area contributed by atoms with E-state index in [-0.39, 0.29) is 22.9 Å². The molecule has 0 saturated heterocycles. The number of hydrogen-bond acceptors (Lipinski definition) is 7. The Kier molecular flexibility index (Phi) is 6.36. The number of furan rings is 1. The molecule has 0 aliphatic rings. The molecule has 38 heavy (non-hydrogen) atoms. The Morgan fingerprint density at radius 1 is 0.974 bits per heavy atom. The Morgan fingerprint density at radius 3 is 2.53 bits per heavy atom. The summed E-state index contributed by atoms with van der Waals surface area (Å²) in [6, 6.07) is 20.1. The molecule has 0 atom stereocenters. The molecule has 5 rings (SSSR count). The zero-order chi connectivity index (χ0) is 26.8. The number of aromatic nitrogens is 2. The van der Waals surface area contributed by atoms with Gasteiger partial charge in [0.15, 0.2) is 17.2 Å². The van der Waals surface area contributed by atoms with E-state index in [1.165, 1.54) is 23.1 Å². The molecule has 0 amide bonds. The number of aromatic hydroxyl groups is 1. The standard InChI is InChI=1S/C28H22N4O6/c1-16-11-12-19(14-17(16)2)32-27(34)25(24(31-32)23-10-5-13-37-23)30-29-22-9-4-8-21(26(22)33)18-6-3-7-20(15-18)38-28(35)36/h3-15,31,33H,1-2H3,(H,35,36). The van der Waals surface area contributed by atoms with Gasteiger partial charge in [0.05, 0.1) is 12.0 Å². The largest absolute Gasteiger partial charge is 0.511 e. The Hall–Kier alpha value is -5.38. The summed E-state index contributed by atoms with van der Waals surface area (Å²) < 4.78 is 11.6. The molecule has 10 nitrogen and oxygen atoms in total. The zero-order valence-corrected chi connectivity index (χ0v) is 20.4. The average molecular weight is 511 g/mol. The Morgan fingerprint density at radius 2 is 1.79 bits per heavy atom. The summed E-state index contributed by atoms with van der Waals surface area (Å²) in [5, 5.41) is 31.3. The van der Waals surface area contributed by atoms with E-state index in [1.54, 1.807) is 42.5 Å². The van der Waals surface area contributed by atoms with E-state index < -0.39 is 11.7 Å². The van der Waals surface area contributed by atoms with E-state index in [9.17, 15) is 14.7 Å². The van der Waals surface area contributed by atoms with Gasteiger partial charge in [-0.2, -0.15) is 0 Å². The molecule has 0 aliphatic carbocycles. The van der Waals surface area contributed by atoms with Crippen molar-refractivity contribution in [2.24, 2.45) is 10.2 Å². The Bertz CT molecular complexity index is 1730. The molecule has 5 aromatic rings. The van der Waals surface area contributed by atoms with Crippen LogP contribution in [-0.4, -0.2) is 26.1 Å². The number of hydrogen-bond donors (Lipinski definition) is 3. The number of nitrogens with one attached hydrogen (secondary N) is 1. The van der Waals surface area contributed by atoms with Gasteiger partial charge in [0, 0.05) is 5.56 Å². The number of azo groups is 1. The van der Waals surface area contributed by atoms with Crippen LogP contribution >= 0.6 is 0 Å². The van der Waals surface area contributed by atoms with Crippen LogP contribution in [0.25, 0.3) is 28.3 Å². The molecule has 10 heteroatoms. The maximum Gasteiger partial charge on any atom is 0.511 e. The summed E-state index contributed by atoms with van der Waals surface area (Å²) >= 11 is 0. The first kappa shape index (κ1) is 24.3. The number of ether oxygens (including phenoxy) is 1. The quantitative estimate of drug-likeness (QED) is 0.129. The molecule has 190 valence electrons. The molecule has 3 aromatic carbocycles. The lowest BCUT2D eigenvalue weighted by atomic mass is 10.0. The lowest BCUT2D eigenvalue weighted by Crippen LogP contribution is -2.14. The number of para-hydroxylation sites is 1. The molecular formula is C28H22N4O6. The first-order chi connectivity index (χ1) is 18.3. The molecule has 2 heterocycles. The lowest BCUT2D eigenvalue weighted by Gasteiger charge is -2.08. The highest BCUT2D eigenvalue weighted by Crippen LogP contribution is 2.39. The van der Waals surface area contributed by atoms with E-state index in [0.29, 0.717) is 28.3 Å². The minimum Gasteiger partial charge on any atom is -0.505 e. The van der Waals surface area contributed by atoms with Crippen LogP contribution in [0.2, 0.25) is 0 Å². The number of aromatic amines is 1. The monoisotopic (exact) mass is 510 g/mol. The molecule has 0 bridgehead atoms. The smallest absolute Gasteiger partial charge is 0.505 e. The molecule has 0 radical (unpaired) electrons. The molecule has 3 N–H and O–H groups in total. The summed E-state index contributed by atoms with van der Waals surface area (Å²) in [5.74, 6) is 0.295. The average Bonchev–Trinajstić information content (AvgIpc) is 3.53. The fourth-order valence-corrected chi connectivity index (χ4v) is 3.94. The highest BCUT2D eigenvalue weighted by atomic mass is 16.7. The van der Waals surface area contributed by atoms with Crippen LogP contribution < -0.4 is 10.3 Å². The Balaban J connectivity index is 1.57. The fourth-order valence-electron chi connectivity index (χ4n) is 3.94. The SMILES string of the molecule is Cc1ccc(-n2[nH]c(-c3ccco3)c(N=Nc3cccc(-c4cccc(OC(=O)O)c4)c3O)c2=O)cc1C. The van der Waals surface area contributed by atoms with E-state index in [1.807, 2.05) is 32.0 Å². The van der Waals surface area contributed by atoms with Crippen molar-refractivity contribution in [1.82, 2.24) is 9.78 Å². The highest BCUT2D eigenvalue weighted by molar-refractivity contribution is 5.77. The minimum atomic E-state index is -1.45. The first-order valence-electron chi connectivity index (χ1n) is 11.5. The van der Waals surface area contributed by atoms with Gasteiger partial charge < -0.3 is 19.4 Å². The topological polar surface area (TPSA) is 142 Å². The predicted octanol–water partition coefficient (Wildman–Crippen LogP) is 6.89. The van der Waals surface area contributed by atoms with Crippen molar-refractivity contribution >= 4 is 17.5 Å². The molecule has 0 unspecified atom stereocenters. The van der Waals surface area contributed by atoms with E-state index in [2.05, 4.69) is 15.3 Å². The van der Waals surface area contributed by atoms with Crippen LogP contribution in [0.15, 0.2) is 98.5 Å². The third kappa shape index (κ3) is 4.70. The number of benzene rings is 3. The van der Waals surface area contributed by atoms with Crippen molar-refractivity contribution in [3.05, 3.63) is 101 Å². The van der Waals surface area contributed by atoms with Crippen LogP contribution in [0, 0.1) is 13.8 Å². The van der Waals surface area contributed by atoms with Crippen molar-refractivity contribution in [2.45, 2.75) is 13.8 Å². The second kappa shape index (κ2) is 9.94. The normalized spacial score (nSPS) is 11.2. The number of nitrogens with zero attached hydrogens (tertiary/aromatic N) is 3. The van der Waals surface area contributed by atoms with Gasteiger partial charge >= 0.3 is 6.16 Å². The van der Waals surface area contributed by atoms with Gasteiger partial charge in [-0.1, -0.05) is 30.3 Å². The van der Waals surface area contributed by atoms with Crippen molar-refractivity contribution < 1.29 is 24.2 Å². The molecule has 0 saturated carbocycles. The van der Waals surface area contributed by atoms with Crippen molar-refractivity contribution in [2.75, 3.05) is 0 Å². The maximum atomic E-state index is 13.4. The third-order valence-corrected chi connectivity index (χ3v) is 6.01. The molecule has 0 spiro atoms.